The van der Waals surface area contributed by atoms with E-state index in [4.69, 9.17) is 9.47 Å². The van der Waals surface area contributed by atoms with Crippen molar-refractivity contribution in [2.75, 3.05) is 45.2 Å². The molecular formula is C12H22N2O3S. The summed E-state index contributed by atoms with van der Waals surface area (Å²) in [6.07, 6.45) is 2.35. The van der Waals surface area contributed by atoms with Crippen LogP contribution in [0.3, 0.4) is 0 Å². The lowest BCUT2D eigenvalue weighted by molar-refractivity contribution is -0.121. The summed E-state index contributed by atoms with van der Waals surface area (Å²) in [5.74, 6) is 0.658. The highest BCUT2D eigenvalue weighted by molar-refractivity contribution is 8.00. The second-order valence-electron chi connectivity index (χ2n) is 4.63. The minimum atomic E-state index is 0.0200. The Kier molecular flexibility index (Phi) is 6.26. The highest BCUT2D eigenvalue weighted by atomic mass is 32.2. The molecule has 0 radical (unpaired) electrons. The monoisotopic (exact) mass is 274 g/mol. The van der Waals surface area contributed by atoms with E-state index in [9.17, 15) is 4.79 Å². The van der Waals surface area contributed by atoms with Crippen LogP contribution in [-0.2, 0) is 14.3 Å². The van der Waals surface area contributed by atoms with Crippen molar-refractivity contribution in [2.45, 2.75) is 24.2 Å². The van der Waals surface area contributed by atoms with Crippen LogP contribution < -0.4 is 10.6 Å². The predicted octanol–water partition coefficient (Wildman–Crippen LogP) is 0.00320. The Morgan fingerprint density at radius 2 is 2.17 bits per heavy atom. The molecule has 2 N–H and O–H groups in total. The van der Waals surface area contributed by atoms with E-state index in [-0.39, 0.29) is 12.0 Å². The molecule has 0 aromatic carbocycles. The number of nitrogens with one attached hydrogen (secondary N) is 2. The molecule has 5 nitrogen and oxygen atoms in total. The van der Waals surface area contributed by atoms with Crippen LogP contribution in [0, 0.1) is 0 Å². The zero-order valence-corrected chi connectivity index (χ0v) is 11.5. The third-order valence-corrected chi connectivity index (χ3v) is 4.52. The number of hydrogen-bond donors (Lipinski definition) is 2. The third-order valence-electron chi connectivity index (χ3n) is 3.15. The zero-order chi connectivity index (χ0) is 12.6. The van der Waals surface area contributed by atoms with Crippen LogP contribution in [0.5, 0.6) is 0 Å². The fraction of sp³-hybridized carbons (Fsp3) is 0.917. The van der Waals surface area contributed by atoms with Crippen molar-refractivity contribution >= 4 is 17.7 Å². The number of rotatable bonds is 5. The van der Waals surface area contributed by atoms with E-state index in [2.05, 4.69) is 10.6 Å². The van der Waals surface area contributed by atoms with E-state index < -0.39 is 0 Å². The molecule has 0 bridgehead atoms. The van der Waals surface area contributed by atoms with Crippen molar-refractivity contribution in [1.29, 1.82) is 0 Å². The van der Waals surface area contributed by atoms with Crippen LogP contribution in [0.25, 0.3) is 0 Å². The molecule has 0 aromatic rings. The Hall–Kier alpha value is -0.300. The first-order chi connectivity index (χ1) is 8.84. The Morgan fingerprint density at radius 3 is 2.89 bits per heavy atom. The number of amides is 1. The predicted molar refractivity (Wildman–Crippen MR) is 71.9 cm³/mol. The van der Waals surface area contributed by atoms with Gasteiger partial charge in [-0.2, -0.15) is 0 Å². The fourth-order valence-electron chi connectivity index (χ4n) is 2.09. The molecule has 0 aromatic heterocycles. The molecule has 0 aliphatic carbocycles. The van der Waals surface area contributed by atoms with E-state index in [1.54, 1.807) is 11.8 Å². The van der Waals surface area contributed by atoms with Gasteiger partial charge in [-0.15, -0.1) is 11.8 Å². The van der Waals surface area contributed by atoms with E-state index >= 15 is 0 Å². The molecule has 2 rings (SSSR count). The lowest BCUT2D eigenvalue weighted by Gasteiger charge is -2.24. The molecule has 1 amide bonds. The number of carbonyl (C=O) groups is 1. The van der Waals surface area contributed by atoms with Gasteiger partial charge in [-0.25, -0.2) is 0 Å². The quantitative estimate of drug-likeness (QED) is 0.739. The topological polar surface area (TPSA) is 59.6 Å². The van der Waals surface area contributed by atoms with Crippen molar-refractivity contribution in [3.8, 4) is 0 Å². The fourth-order valence-corrected chi connectivity index (χ4v) is 3.15. The Bertz CT molecular complexity index is 230. The van der Waals surface area contributed by atoms with Crippen molar-refractivity contribution < 1.29 is 14.3 Å². The van der Waals surface area contributed by atoms with E-state index in [1.165, 1.54) is 0 Å². The van der Waals surface area contributed by atoms with Crippen LogP contribution in [-0.4, -0.2) is 62.5 Å². The van der Waals surface area contributed by atoms with Gasteiger partial charge in [0, 0.05) is 11.8 Å². The highest BCUT2D eigenvalue weighted by Gasteiger charge is 2.17. The Labute approximate surface area is 112 Å². The van der Waals surface area contributed by atoms with Gasteiger partial charge in [0.25, 0.3) is 0 Å². The molecule has 104 valence electrons. The van der Waals surface area contributed by atoms with Gasteiger partial charge in [0.05, 0.1) is 31.7 Å². The van der Waals surface area contributed by atoms with Crippen LogP contribution >= 0.6 is 11.8 Å². The normalized spacial score (nSPS) is 25.9. The van der Waals surface area contributed by atoms with Crippen molar-refractivity contribution in [1.82, 2.24) is 10.6 Å². The first kappa shape index (κ1) is 14.1. The maximum absolute atomic E-state index is 11.7. The summed E-state index contributed by atoms with van der Waals surface area (Å²) in [7, 11) is 0. The second kappa shape index (κ2) is 7.99. The van der Waals surface area contributed by atoms with E-state index in [0.29, 0.717) is 37.4 Å². The highest BCUT2D eigenvalue weighted by Crippen LogP contribution is 2.19. The minimum absolute atomic E-state index is 0.0200. The Morgan fingerprint density at radius 1 is 1.33 bits per heavy atom. The van der Waals surface area contributed by atoms with Gasteiger partial charge in [-0.05, 0) is 25.9 Å². The van der Waals surface area contributed by atoms with Crippen LogP contribution in [0.2, 0.25) is 0 Å². The van der Waals surface area contributed by atoms with Crippen LogP contribution in [0.1, 0.15) is 12.8 Å². The number of piperidine rings is 1. The first-order valence-electron chi connectivity index (χ1n) is 6.63. The summed E-state index contributed by atoms with van der Waals surface area (Å²) in [5.41, 5.74) is 0. The maximum atomic E-state index is 11.7. The molecule has 18 heavy (non-hydrogen) atoms. The SMILES string of the molecule is O=C(CSC1CCNCC1)NCC1COCCO1. The van der Waals surface area contributed by atoms with Gasteiger partial charge in [-0.3, -0.25) is 4.79 Å². The zero-order valence-electron chi connectivity index (χ0n) is 10.7. The van der Waals surface area contributed by atoms with Gasteiger partial charge in [0.15, 0.2) is 0 Å². The van der Waals surface area contributed by atoms with Crippen molar-refractivity contribution in [2.24, 2.45) is 0 Å². The van der Waals surface area contributed by atoms with E-state index in [1.807, 2.05) is 0 Å². The summed E-state index contributed by atoms with van der Waals surface area (Å²) >= 11 is 1.77. The summed E-state index contributed by atoms with van der Waals surface area (Å²) in [6.45, 7) is 4.59. The standard InChI is InChI=1S/C12H22N2O3S/c15-12(9-18-11-1-3-13-4-2-11)14-7-10-8-16-5-6-17-10/h10-11,13H,1-9H2,(H,14,15). The molecule has 1 unspecified atom stereocenters. The Balaban J connectivity index is 1.54. The van der Waals surface area contributed by atoms with Gasteiger partial charge < -0.3 is 20.1 Å². The van der Waals surface area contributed by atoms with Crippen molar-refractivity contribution in [3.05, 3.63) is 0 Å². The molecular weight excluding hydrogens is 252 g/mol. The number of thioether (sulfide) groups is 1. The molecule has 2 aliphatic rings. The van der Waals surface area contributed by atoms with Crippen LogP contribution in [0.15, 0.2) is 0 Å². The summed E-state index contributed by atoms with van der Waals surface area (Å²) in [5, 5.41) is 6.87. The average molecular weight is 274 g/mol. The van der Waals surface area contributed by atoms with Gasteiger partial charge in [-0.1, -0.05) is 0 Å². The smallest absolute Gasteiger partial charge is 0.230 e. The third kappa shape index (κ3) is 5.14. The lowest BCUT2D eigenvalue weighted by atomic mass is 10.2. The molecule has 2 aliphatic heterocycles. The molecule has 0 saturated carbocycles. The summed E-state index contributed by atoms with van der Waals surface area (Å²) in [6, 6.07) is 0. The summed E-state index contributed by atoms with van der Waals surface area (Å²) < 4.78 is 10.7. The van der Waals surface area contributed by atoms with Crippen molar-refractivity contribution in [3.63, 3.8) is 0 Å². The molecule has 2 heterocycles. The molecule has 2 fully saturated rings. The molecule has 6 heteroatoms. The lowest BCUT2D eigenvalue weighted by Crippen LogP contribution is -2.40. The van der Waals surface area contributed by atoms with Gasteiger partial charge in [0.2, 0.25) is 5.91 Å². The van der Waals surface area contributed by atoms with E-state index in [0.717, 1.165) is 25.9 Å². The molecule has 2 saturated heterocycles. The van der Waals surface area contributed by atoms with Gasteiger partial charge in [0.1, 0.15) is 0 Å². The minimum Gasteiger partial charge on any atom is -0.376 e. The average Bonchev–Trinajstić information content (AvgIpc) is 2.45. The number of hydrogen-bond acceptors (Lipinski definition) is 5. The summed E-state index contributed by atoms with van der Waals surface area (Å²) in [4.78, 5) is 11.7. The number of carbonyl (C=O) groups excluding carboxylic acids is 1. The largest absolute Gasteiger partial charge is 0.376 e. The van der Waals surface area contributed by atoms with Gasteiger partial charge >= 0.3 is 0 Å². The molecule has 0 spiro atoms. The number of ether oxygens (including phenoxy) is 2. The molecule has 1 atom stereocenters. The second-order valence-corrected chi connectivity index (χ2v) is 5.92. The first-order valence-corrected chi connectivity index (χ1v) is 7.68. The van der Waals surface area contributed by atoms with Crippen LogP contribution in [0.4, 0.5) is 0 Å². The maximum Gasteiger partial charge on any atom is 0.230 e.